The molecule has 5 heteroatoms. The van der Waals surface area contributed by atoms with Gasteiger partial charge >= 0.3 is 0 Å². The van der Waals surface area contributed by atoms with E-state index in [-0.39, 0.29) is 12.1 Å². The van der Waals surface area contributed by atoms with Crippen LogP contribution in [0.5, 0.6) is 0 Å². The number of hydrogen-bond acceptors (Lipinski definition) is 5. The van der Waals surface area contributed by atoms with E-state index in [1.807, 2.05) is 13.0 Å². The normalized spacial score (nSPS) is 21.6. The first kappa shape index (κ1) is 12.3. The Hall–Kier alpha value is -1.17. The molecule has 0 aromatic carbocycles. The van der Waals surface area contributed by atoms with Crippen molar-refractivity contribution in [3.8, 4) is 0 Å². The monoisotopic (exact) mass is 236 g/mol. The zero-order valence-corrected chi connectivity index (χ0v) is 10.1. The number of pyridine rings is 1. The van der Waals surface area contributed by atoms with E-state index in [1.165, 1.54) is 0 Å². The SMILES string of the molecule is Cc1cnc(N)c(C(CC2CCCO2)NN)c1. The van der Waals surface area contributed by atoms with Gasteiger partial charge in [0.1, 0.15) is 5.82 Å². The van der Waals surface area contributed by atoms with Crippen LogP contribution in [-0.2, 0) is 4.74 Å². The van der Waals surface area contributed by atoms with Gasteiger partial charge in [0, 0.05) is 18.4 Å². The summed E-state index contributed by atoms with van der Waals surface area (Å²) in [6, 6.07) is 2.03. The molecule has 0 bridgehead atoms. The standard InChI is InChI=1S/C12H20N4O/c1-8-5-10(12(13)15-7-8)11(16-14)6-9-3-2-4-17-9/h5,7,9,11,16H,2-4,6,14H2,1H3,(H2,13,15). The second-order valence-electron chi connectivity index (χ2n) is 4.58. The predicted molar refractivity (Wildman–Crippen MR) is 67.0 cm³/mol. The maximum absolute atomic E-state index is 5.89. The first-order valence-electron chi connectivity index (χ1n) is 6.00. The number of anilines is 1. The number of nitrogens with zero attached hydrogens (tertiary/aromatic N) is 1. The quantitative estimate of drug-likeness (QED) is 0.537. The average Bonchev–Trinajstić information content (AvgIpc) is 2.82. The molecule has 2 atom stereocenters. The van der Waals surface area contributed by atoms with E-state index < -0.39 is 0 Å². The van der Waals surface area contributed by atoms with Crippen LogP contribution in [0.1, 0.15) is 36.4 Å². The highest BCUT2D eigenvalue weighted by Crippen LogP contribution is 2.27. The number of rotatable bonds is 4. The van der Waals surface area contributed by atoms with Crippen LogP contribution in [0.4, 0.5) is 5.82 Å². The van der Waals surface area contributed by atoms with E-state index in [4.69, 9.17) is 16.3 Å². The molecule has 1 fully saturated rings. The minimum atomic E-state index is 0.00509. The lowest BCUT2D eigenvalue weighted by Crippen LogP contribution is -2.31. The van der Waals surface area contributed by atoms with E-state index >= 15 is 0 Å². The van der Waals surface area contributed by atoms with Crippen LogP contribution in [0.3, 0.4) is 0 Å². The van der Waals surface area contributed by atoms with Crippen LogP contribution in [-0.4, -0.2) is 17.7 Å². The van der Waals surface area contributed by atoms with Gasteiger partial charge in [-0.25, -0.2) is 4.98 Å². The Morgan fingerprint density at radius 1 is 1.65 bits per heavy atom. The zero-order chi connectivity index (χ0) is 12.3. The van der Waals surface area contributed by atoms with Crippen LogP contribution in [0.15, 0.2) is 12.3 Å². The summed E-state index contributed by atoms with van der Waals surface area (Å²) < 4.78 is 5.62. The molecule has 0 spiro atoms. The van der Waals surface area contributed by atoms with Gasteiger partial charge in [-0.2, -0.15) is 0 Å². The largest absolute Gasteiger partial charge is 0.383 e. The van der Waals surface area contributed by atoms with E-state index in [0.29, 0.717) is 5.82 Å². The highest BCUT2D eigenvalue weighted by Gasteiger charge is 2.22. The fourth-order valence-corrected chi connectivity index (χ4v) is 2.26. The van der Waals surface area contributed by atoms with E-state index in [2.05, 4.69) is 10.4 Å². The summed E-state index contributed by atoms with van der Waals surface area (Å²) >= 11 is 0. The van der Waals surface area contributed by atoms with Crippen molar-refractivity contribution in [2.75, 3.05) is 12.3 Å². The molecule has 1 saturated heterocycles. The summed E-state index contributed by atoms with van der Waals surface area (Å²) in [5.74, 6) is 6.15. The third kappa shape index (κ3) is 2.94. The summed E-state index contributed by atoms with van der Waals surface area (Å²) in [5, 5.41) is 0. The Bertz CT molecular complexity index is 377. The van der Waals surface area contributed by atoms with Crippen molar-refractivity contribution in [2.24, 2.45) is 5.84 Å². The van der Waals surface area contributed by atoms with Crippen LogP contribution in [0.25, 0.3) is 0 Å². The number of nitrogens with one attached hydrogen (secondary N) is 1. The minimum Gasteiger partial charge on any atom is -0.383 e. The van der Waals surface area contributed by atoms with Gasteiger partial charge in [-0.05, 0) is 37.8 Å². The number of ether oxygens (including phenoxy) is 1. The molecular weight excluding hydrogens is 216 g/mol. The van der Waals surface area contributed by atoms with Crippen LogP contribution < -0.4 is 17.0 Å². The Balaban J connectivity index is 2.13. The lowest BCUT2D eigenvalue weighted by molar-refractivity contribution is 0.0946. The van der Waals surface area contributed by atoms with Crippen LogP contribution >= 0.6 is 0 Å². The maximum Gasteiger partial charge on any atom is 0.128 e. The minimum absolute atomic E-state index is 0.00509. The van der Waals surface area contributed by atoms with Crippen molar-refractivity contribution in [1.29, 1.82) is 0 Å². The van der Waals surface area contributed by atoms with Gasteiger partial charge < -0.3 is 10.5 Å². The Kier molecular flexibility index (Phi) is 3.93. The van der Waals surface area contributed by atoms with Gasteiger partial charge in [-0.1, -0.05) is 0 Å². The number of aromatic nitrogens is 1. The number of hydrogen-bond donors (Lipinski definition) is 3. The second-order valence-corrected chi connectivity index (χ2v) is 4.58. The molecule has 0 aliphatic carbocycles. The summed E-state index contributed by atoms with van der Waals surface area (Å²) in [5.41, 5.74) is 10.8. The fourth-order valence-electron chi connectivity index (χ4n) is 2.26. The number of nitrogen functional groups attached to an aromatic ring is 1. The third-order valence-corrected chi connectivity index (χ3v) is 3.19. The second kappa shape index (κ2) is 5.44. The summed E-state index contributed by atoms with van der Waals surface area (Å²) in [7, 11) is 0. The molecule has 2 rings (SSSR count). The van der Waals surface area contributed by atoms with Crippen molar-refractivity contribution in [3.63, 3.8) is 0 Å². The smallest absolute Gasteiger partial charge is 0.128 e. The molecule has 1 aliphatic rings. The van der Waals surface area contributed by atoms with Crippen molar-refractivity contribution >= 4 is 5.82 Å². The van der Waals surface area contributed by atoms with Gasteiger partial charge in [0.25, 0.3) is 0 Å². The Morgan fingerprint density at radius 3 is 3.12 bits per heavy atom. The van der Waals surface area contributed by atoms with Gasteiger partial charge in [0.2, 0.25) is 0 Å². The van der Waals surface area contributed by atoms with Gasteiger partial charge in [0.15, 0.2) is 0 Å². The lowest BCUT2D eigenvalue weighted by Gasteiger charge is -2.21. The molecule has 0 radical (unpaired) electrons. The highest BCUT2D eigenvalue weighted by molar-refractivity contribution is 5.42. The van der Waals surface area contributed by atoms with Gasteiger partial charge in [-0.15, -0.1) is 0 Å². The number of nitrogens with two attached hydrogens (primary N) is 2. The van der Waals surface area contributed by atoms with Crippen molar-refractivity contribution in [2.45, 2.75) is 38.3 Å². The molecule has 5 nitrogen and oxygen atoms in total. The number of aryl methyl sites for hydroxylation is 1. The molecule has 2 unspecified atom stereocenters. The van der Waals surface area contributed by atoms with Crippen LogP contribution in [0, 0.1) is 6.92 Å². The van der Waals surface area contributed by atoms with Gasteiger partial charge in [0.05, 0.1) is 12.1 Å². The summed E-state index contributed by atoms with van der Waals surface area (Å²) in [6.45, 7) is 2.85. The van der Waals surface area contributed by atoms with Crippen molar-refractivity contribution < 1.29 is 4.74 Å². The van der Waals surface area contributed by atoms with Gasteiger partial charge in [-0.3, -0.25) is 11.3 Å². The zero-order valence-electron chi connectivity index (χ0n) is 10.1. The molecule has 0 amide bonds. The topological polar surface area (TPSA) is 86.2 Å². The highest BCUT2D eigenvalue weighted by atomic mass is 16.5. The van der Waals surface area contributed by atoms with Crippen molar-refractivity contribution in [3.05, 3.63) is 23.4 Å². The van der Waals surface area contributed by atoms with E-state index in [9.17, 15) is 0 Å². The van der Waals surface area contributed by atoms with E-state index in [1.54, 1.807) is 6.20 Å². The Morgan fingerprint density at radius 2 is 2.47 bits per heavy atom. The fraction of sp³-hybridized carbons (Fsp3) is 0.583. The Labute approximate surface area is 102 Å². The molecule has 0 saturated carbocycles. The molecule has 2 heterocycles. The first-order chi connectivity index (χ1) is 8.20. The van der Waals surface area contributed by atoms with Crippen molar-refractivity contribution in [1.82, 2.24) is 10.4 Å². The van der Waals surface area contributed by atoms with E-state index in [0.717, 1.165) is 37.0 Å². The molecular formula is C12H20N4O. The van der Waals surface area contributed by atoms with Crippen LogP contribution in [0.2, 0.25) is 0 Å². The summed E-state index contributed by atoms with van der Waals surface area (Å²) in [4.78, 5) is 4.16. The molecule has 5 N–H and O–H groups in total. The lowest BCUT2D eigenvalue weighted by atomic mass is 9.99. The average molecular weight is 236 g/mol. The number of hydrazine groups is 1. The third-order valence-electron chi connectivity index (χ3n) is 3.19. The molecule has 1 aromatic heterocycles. The summed E-state index contributed by atoms with van der Waals surface area (Å²) in [6.07, 6.45) is 5.10. The maximum atomic E-state index is 5.89. The molecule has 94 valence electrons. The first-order valence-corrected chi connectivity index (χ1v) is 6.00. The molecule has 17 heavy (non-hydrogen) atoms. The molecule has 1 aromatic rings. The predicted octanol–water partition coefficient (Wildman–Crippen LogP) is 1.05. The molecule has 1 aliphatic heterocycles.